The molecule has 0 aromatic rings. The molecular formula is CH5ClLiNaO3. The Morgan fingerprint density at radius 1 is 1.43 bits per heavy atom. The summed E-state index contributed by atoms with van der Waals surface area (Å²) >= 11 is 0. The normalized spacial score (nSPS) is 3.43. The van der Waals surface area contributed by atoms with Crippen LogP contribution in [0.2, 0.25) is 0 Å². The molecule has 0 bridgehead atoms. The van der Waals surface area contributed by atoms with E-state index in [9.17, 15) is 0 Å². The van der Waals surface area contributed by atoms with Gasteiger partial charge in [0.2, 0.25) is 0 Å². The molecule has 0 unspecified atom stereocenters. The van der Waals surface area contributed by atoms with Crippen molar-refractivity contribution in [2.75, 3.05) is 0 Å². The molecule has 0 radical (unpaired) electrons. The molecule has 2 N–H and O–H groups in total. The summed E-state index contributed by atoms with van der Waals surface area (Å²) in [4.78, 5) is 8.56. The number of hydrogen-bond acceptors (Lipinski definition) is 1. The van der Waals surface area contributed by atoms with Crippen LogP contribution in [0, 0.1) is 0 Å². The maximum absolute atomic E-state index is 8.56. The first-order valence-corrected chi connectivity index (χ1v) is 0.651. The number of hydrogen-bond donors (Lipinski definition) is 2. The second-order valence-corrected chi connectivity index (χ2v) is 0.283. The zero-order valence-corrected chi connectivity index (χ0v) is 7.03. The molecule has 3 nitrogen and oxygen atoms in total. The molecule has 0 saturated carbocycles. The third-order valence-corrected chi connectivity index (χ3v) is 0. The monoisotopic (exact) mass is 130 g/mol. The van der Waals surface area contributed by atoms with Crippen molar-refractivity contribution < 1.29 is 66.3 Å². The van der Waals surface area contributed by atoms with Gasteiger partial charge in [-0.25, -0.2) is 4.79 Å². The molecule has 0 aromatic carbocycles. The smallest absolute Gasteiger partial charge is 1.00 e. The fourth-order valence-corrected chi connectivity index (χ4v) is 0. The van der Waals surface area contributed by atoms with Gasteiger partial charge in [0, 0.05) is 0 Å². The van der Waals surface area contributed by atoms with Crippen LogP contribution >= 0.6 is 12.4 Å². The maximum Gasteiger partial charge on any atom is 1.00 e. The predicted molar refractivity (Wildman–Crippen MR) is 20.1 cm³/mol. The molecule has 6 heteroatoms. The number of carbonyl (C=O) groups is 1. The average molecular weight is 130 g/mol. The van der Waals surface area contributed by atoms with Gasteiger partial charge in [0.15, 0.2) is 0 Å². The Morgan fingerprint density at radius 2 is 1.43 bits per heavy atom. The van der Waals surface area contributed by atoms with E-state index in [0.717, 1.165) is 0 Å². The van der Waals surface area contributed by atoms with E-state index >= 15 is 0 Å². The zero-order valence-electron chi connectivity index (χ0n) is 6.21. The fraction of sp³-hybridized carbons (Fsp3) is 0. The van der Waals surface area contributed by atoms with Crippen LogP contribution in [0.1, 0.15) is 2.85 Å². The van der Waals surface area contributed by atoms with Crippen LogP contribution in [0.3, 0.4) is 0 Å². The van der Waals surface area contributed by atoms with Gasteiger partial charge in [0.05, 0.1) is 0 Å². The summed E-state index contributed by atoms with van der Waals surface area (Å²) in [6, 6.07) is 0. The molecule has 0 aliphatic rings. The van der Waals surface area contributed by atoms with E-state index in [1.165, 1.54) is 0 Å². The molecule has 0 heterocycles. The van der Waals surface area contributed by atoms with Gasteiger partial charge in [-0.3, -0.25) is 0 Å². The topological polar surface area (TPSA) is 57.5 Å². The number of carboxylic acid groups (broad SMARTS) is 2. The summed E-state index contributed by atoms with van der Waals surface area (Å²) in [5.41, 5.74) is 0. The Bertz CT molecular complexity index is 44.8. The first-order valence-electron chi connectivity index (χ1n) is 0.651. The molecule has 36 valence electrons. The maximum atomic E-state index is 8.56. The molecule has 0 spiro atoms. The summed E-state index contributed by atoms with van der Waals surface area (Å²) in [5, 5.41) is 13.9. The van der Waals surface area contributed by atoms with Crippen molar-refractivity contribution in [3.63, 3.8) is 0 Å². The zero-order chi connectivity index (χ0) is 3.58. The average Bonchev–Trinajstić information content (AvgIpc) is 0.811. The van der Waals surface area contributed by atoms with Crippen LogP contribution in [-0.2, 0) is 0 Å². The van der Waals surface area contributed by atoms with Gasteiger partial charge in [0.25, 0.3) is 0 Å². The quantitative estimate of drug-likeness (QED) is 0.323. The van der Waals surface area contributed by atoms with Crippen molar-refractivity contribution in [1.82, 2.24) is 0 Å². The van der Waals surface area contributed by atoms with Crippen molar-refractivity contribution in [3.8, 4) is 0 Å². The van der Waals surface area contributed by atoms with Crippen molar-refractivity contribution in [2.45, 2.75) is 0 Å². The molecule has 0 amide bonds. The van der Waals surface area contributed by atoms with Gasteiger partial charge < -0.3 is 13.1 Å². The predicted octanol–water partition coefficient (Wildman–Crippen LogP) is -5.12. The SMILES string of the molecule is Cl.O=C(O)O.[H-].[H-].[Li+].[Na+]. The largest absolute Gasteiger partial charge is 1.00 e. The van der Waals surface area contributed by atoms with E-state index in [4.69, 9.17) is 15.0 Å². The third kappa shape index (κ3) is 142. The van der Waals surface area contributed by atoms with E-state index in [0.29, 0.717) is 0 Å². The van der Waals surface area contributed by atoms with Crippen molar-refractivity contribution in [2.24, 2.45) is 0 Å². The van der Waals surface area contributed by atoms with Gasteiger partial charge in [-0.2, -0.15) is 0 Å². The minimum Gasteiger partial charge on any atom is -1.00 e. The summed E-state index contributed by atoms with van der Waals surface area (Å²) in [6.07, 6.45) is -1.83. The molecule has 7 heavy (non-hydrogen) atoms. The van der Waals surface area contributed by atoms with Gasteiger partial charge in [0.1, 0.15) is 0 Å². The Kier molecular flexibility index (Phi) is 54.2. The second kappa shape index (κ2) is 15.7. The second-order valence-electron chi connectivity index (χ2n) is 0.283. The number of halogens is 1. The van der Waals surface area contributed by atoms with Gasteiger partial charge in [-0.1, -0.05) is 0 Å². The van der Waals surface area contributed by atoms with Crippen molar-refractivity contribution in [1.29, 1.82) is 0 Å². The molecule has 0 saturated heterocycles. The fourth-order valence-electron chi connectivity index (χ4n) is 0. The Morgan fingerprint density at radius 3 is 1.43 bits per heavy atom. The van der Waals surface area contributed by atoms with Crippen LogP contribution in [-0.4, -0.2) is 16.4 Å². The molecular weight excluding hydrogens is 125 g/mol. The van der Waals surface area contributed by atoms with E-state index < -0.39 is 6.16 Å². The molecule has 0 aliphatic heterocycles. The van der Waals surface area contributed by atoms with Crippen molar-refractivity contribution >= 4 is 18.6 Å². The van der Waals surface area contributed by atoms with Crippen LogP contribution in [0.15, 0.2) is 0 Å². The Labute approximate surface area is 84.3 Å². The Hall–Kier alpha value is 1.16. The van der Waals surface area contributed by atoms with E-state index in [1.807, 2.05) is 0 Å². The first kappa shape index (κ1) is 24.2. The summed E-state index contributed by atoms with van der Waals surface area (Å²) < 4.78 is 0. The van der Waals surface area contributed by atoms with Gasteiger partial charge in [-0.15, -0.1) is 12.4 Å². The van der Waals surface area contributed by atoms with Crippen LogP contribution in [0.4, 0.5) is 4.79 Å². The molecule has 0 fully saturated rings. The van der Waals surface area contributed by atoms with E-state index in [2.05, 4.69) is 0 Å². The standard InChI is InChI=1S/CH2O3.ClH.Li.Na.2H/c2-1(3)4;;;;;/h(H2,2,3,4);1H;;;;/q;;2*+1;2*-1. The summed E-state index contributed by atoms with van der Waals surface area (Å²) in [7, 11) is 0. The summed E-state index contributed by atoms with van der Waals surface area (Å²) in [5.74, 6) is 0. The Balaban J connectivity index is -0.00000000450. The van der Waals surface area contributed by atoms with Gasteiger partial charge >= 0.3 is 54.6 Å². The van der Waals surface area contributed by atoms with Crippen LogP contribution < -0.4 is 48.4 Å². The minimum absolute atomic E-state index is 0. The molecule has 0 atom stereocenters. The van der Waals surface area contributed by atoms with E-state index in [1.54, 1.807) is 0 Å². The summed E-state index contributed by atoms with van der Waals surface area (Å²) in [6.45, 7) is 0. The molecule has 0 aliphatic carbocycles. The van der Waals surface area contributed by atoms with Gasteiger partial charge in [-0.05, 0) is 0 Å². The van der Waals surface area contributed by atoms with Crippen molar-refractivity contribution in [3.05, 3.63) is 0 Å². The number of rotatable bonds is 0. The third-order valence-electron chi connectivity index (χ3n) is 0. The molecule has 0 rings (SSSR count). The van der Waals surface area contributed by atoms with E-state index in [-0.39, 0.29) is 63.7 Å². The first-order chi connectivity index (χ1) is 1.73. The van der Waals surface area contributed by atoms with Crippen LogP contribution in [0.5, 0.6) is 0 Å². The molecule has 0 aromatic heterocycles. The van der Waals surface area contributed by atoms with Crippen LogP contribution in [0.25, 0.3) is 0 Å². The minimum atomic E-state index is -1.83.